The Bertz CT molecular complexity index is 476. The average molecular weight is 322 g/mol. The van der Waals surface area contributed by atoms with Crippen molar-refractivity contribution in [1.29, 1.82) is 0 Å². The fraction of sp³-hybridized carbons (Fsp3) is 0.556. The van der Waals surface area contributed by atoms with Crippen LogP contribution >= 0.6 is 11.8 Å². The minimum absolute atomic E-state index is 0.203. The average Bonchev–Trinajstić information content (AvgIpc) is 2.42. The molecule has 1 N–H and O–H groups in total. The largest absolute Gasteiger partial charge is 0.481 e. The Morgan fingerprint density at radius 1 is 1.27 bits per heavy atom. The van der Waals surface area contributed by atoms with Crippen molar-refractivity contribution >= 4 is 23.5 Å². The number of hydrogen-bond donors (Lipinski definition) is 1. The van der Waals surface area contributed by atoms with Crippen molar-refractivity contribution in [3.05, 3.63) is 29.8 Å². The van der Waals surface area contributed by atoms with Crippen molar-refractivity contribution in [1.82, 2.24) is 0 Å². The van der Waals surface area contributed by atoms with Crippen molar-refractivity contribution in [3.63, 3.8) is 0 Å². The maximum absolute atomic E-state index is 11.8. The smallest absolute Gasteiger partial charge is 0.300 e. The Labute approximate surface area is 137 Å². The molecule has 1 unspecified atom stereocenters. The number of Topliss-reactive ketones (excluding diaryl/α,β-unsaturated/α-hetero) is 1. The maximum atomic E-state index is 11.8. The summed E-state index contributed by atoms with van der Waals surface area (Å²) >= 11 is 1.75. The van der Waals surface area contributed by atoms with E-state index in [1.165, 1.54) is 16.9 Å². The van der Waals surface area contributed by atoms with Crippen LogP contribution < -0.4 is 0 Å². The zero-order valence-electron chi connectivity index (χ0n) is 13.7. The summed E-state index contributed by atoms with van der Waals surface area (Å²) in [5.74, 6) is 0.306. The summed E-state index contributed by atoms with van der Waals surface area (Å²) in [7, 11) is 0. The zero-order chi connectivity index (χ0) is 16.5. The monoisotopic (exact) mass is 322 g/mol. The van der Waals surface area contributed by atoms with Gasteiger partial charge in [-0.2, -0.15) is 0 Å². The summed E-state index contributed by atoms with van der Waals surface area (Å²) in [4.78, 5) is 22.0. The summed E-state index contributed by atoms with van der Waals surface area (Å²) in [6.45, 7) is 5.56. The van der Waals surface area contributed by atoms with Crippen LogP contribution in [0.15, 0.2) is 29.2 Å². The maximum Gasteiger partial charge on any atom is 0.300 e. The molecule has 1 aliphatic carbocycles. The molecule has 1 atom stereocenters. The van der Waals surface area contributed by atoms with E-state index in [2.05, 4.69) is 38.1 Å². The lowest BCUT2D eigenvalue weighted by Gasteiger charge is -2.19. The molecule has 0 aliphatic heterocycles. The molecule has 0 heterocycles. The van der Waals surface area contributed by atoms with Crippen LogP contribution in [0.25, 0.3) is 0 Å². The van der Waals surface area contributed by atoms with Gasteiger partial charge in [0.15, 0.2) is 0 Å². The molecular weight excluding hydrogens is 296 g/mol. The highest BCUT2D eigenvalue weighted by atomic mass is 32.2. The molecule has 0 amide bonds. The van der Waals surface area contributed by atoms with E-state index >= 15 is 0 Å². The lowest BCUT2D eigenvalue weighted by Crippen LogP contribution is -2.21. The molecule has 0 bridgehead atoms. The van der Waals surface area contributed by atoms with E-state index in [1.807, 2.05) is 0 Å². The first kappa shape index (κ1) is 18.8. The lowest BCUT2D eigenvalue weighted by molar-refractivity contribution is -0.134. The van der Waals surface area contributed by atoms with Crippen LogP contribution in [0.2, 0.25) is 0 Å². The van der Waals surface area contributed by atoms with Gasteiger partial charge in [0.1, 0.15) is 5.78 Å². The molecule has 4 heteroatoms. The van der Waals surface area contributed by atoms with Gasteiger partial charge in [-0.3, -0.25) is 9.59 Å². The quantitative estimate of drug-likeness (QED) is 0.881. The second-order valence-corrected chi connectivity index (χ2v) is 7.36. The number of rotatable bonds is 4. The number of carbonyl (C=O) groups excluding carboxylic acids is 1. The molecule has 1 fully saturated rings. The molecule has 0 radical (unpaired) electrons. The van der Waals surface area contributed by atoms with E-state index in [-0.39, 0.29) is 5.25 Å². The Morgan fingerprint density at radius 2 is 1.86 bits per heavy atom. The van der Waals surface area contributed by atoms with Gasteiger partial charge >= 0.3 is 0 Å². The summed E-state index contributed by atoms with van der Waals surface area (Å²) < 4.78 is 0. The highest BCUT2D eigenvalue weighted by Crippen LogP contribution is 2.31. The third-order valence-electron chi connectivity index (χ3n) is 3.34. The van der Waals surface area contributed by atoms with E-state index in [4.69, 9.17) is 9.90 Å². The molecule has 122 valence electrons. The Balaban J connectivity index is 0.000000541. The molecule has 1 aliphatic rings. The summed E-state index contributed by atoms with van der Waals surface area (Å²) in [6.07, 6.45) is 5.26. The first-order valence-electron chi connectivity index (χ1n) is 7.86. The first-order chi connectivity index (χ1) is 10.4. The fourth-order valence-corrected chi connectivity index (χ4v) is 3.57. The van der Waals surface area contributed by atoms with E-state index in [9.17, 15) is 4.79 Å². The van der Waals surface area contributed by atoms with E-state index < -0.39 is 5.97 Å². The van der Waals surface area contributed by atoms with Gasteiger partial charge in [-0.25, -0.2) is 0 Å². The van der Waals surface area contributed by atoms with Crippen molar-refractivity contribution in [3.8, 4) is 0 Å². The molecule has 1 aromatic rings. The van der Waals surface area contributed by atoms with E-state index in [0.717, 1.165) is 32.6 Å². The van der Waals surface area contributed by atoms with Crippen LogP contribution in [0.5, 0.6) is 0 Å². The van der Waals surface area contributed by atoms with Gasteiger partial charge in [0, 0.05) is 18.2 Å². The number of benzene rings is 1. The number of carboxylic acid groups (broad SMARTS) is 1. The Kier molecular flexibility index (Phi) is 8.25. The van der Waals surface area contributed by atoms with Gasteiger partial charge in [0.2, 0.25) is 0 Å². The zero-order valence-corrected chi connectivity index (χ0v) is 14.5. The number of aliphatic carboxylic acids is 1. The van der Waals surface area contributed by atoms with Crippen LogP contribution in [0, 0.1) is 5.92 Å². The molecule has 3 nitrogen and oxygen atoms in total. The summed E-state index contributed by atoms with van der Waals surface area (Å²) in [5, 5.41) is 7.62. The number of carbonyl (C=O) groups is 2. The van der Waals surface area contributed by atoms with Gasteiger partial charge in [-0.15, -0.1) is 11.8 Å². The third kappa shape index (κ3) is 7.64. The van der Waals surface area contributed by atoms with Gasteiger partial charge in [-0.1, -0.05) is 32.4 Å². The van der Waals surface area contributed by atoms with E-state index in [1.54, 1.807) is 11.8 Å². The topological polar surface area (TPSA) is 54.4 Å². The normalized spacial score (nSPS) is 17.8. The van der Waals surface area contributed by atoms with Crippen LogP contribution in [0.4, 0.5) is 0 Å². The summed E-state index contributed by atoms with van der Waals surface area (Å²) in [6, 6.07) is 8.75. The molecule has 1 saturated carbocycles. The number of hydrogen-bond acceptors (Lipinski definition) is 3. The predicted octanol–water partition coefficient (Wildman–Crippen LogP) is 4.58. The summed E-state index contributed by atoms with van der Waals surface area (Å²) in [5.41, 5.74) is 1.39. The highest BCUT2D eigenvalue weighted by Gasteiger charge is 2.22. The van der Waals surface area contributed by atoms with Crippen molar-refractivity contribution < 1.29 is 14.7 Å². The van der Waals surface area contributed by atoms with Crippen LogP contribution in [0.1, 0.15) is 52.0 Å². The van der Waals surface area contributed by atoms with Crippen LogP contribution in [-0.4, -0.2) is 22.1 Å². The first-order valence-corrected chi connectivity index (χ1v) is 8.74. The highest BCUT2D eigenvalue weighted by molar-refractivity contribution is 8.00. The third-order valence-corrected chi connectivity index (χ3v) is 4.67. The molecule has 0 saturated heterocycles. The molecule has 1 aromatic carbocycles. The Morgan fingerprint density at radius 3 is 2.36 bits per heavy atom. The number of ketones is 1. The second-order valence-electron chi connectivity index (χ2n) is 6.08. The van der Waals surface area contributed by atoms with Gasteiger partial charge in [0.25, 0.3) is 5.97 Å². The fourth-order valence-electron chi connectivity index (χ4n) is 2.42. The molecule has 2 rings (SSSR count). The molecule has 0 aromatic heterocycles. The Hall–Kier alpha value is -1.29. The predicted molar refractivity (Wildman–Crippen MR) is 91.4 cm³/mol. The van der Waals surface area contributed by atoms with Crippen LogP contribution in [-0.2, 0) is 16.0 Å². The number of carboxylic acids is 1. The van der Waals surface area contributed by atoms with Gasteiger partial charge in [-0.05, 0) is 42.9 Å². The molecule has 22 heavy (non-hydrogen) atoms. The SMILES string of the molecule is CC(=O)O.CC(C)Cc1ccc(SC2CCCCC2=O)cc1. The van der Waals surface area contributed by atoms with Crippen molar-refractivity contribution in [2.24, 2.45) is 5.92 Å². The van der Waals surface area contributed by atoms with Crippen LogP contribution in [0.3, 0.4) is 0 Å². The molecular formula is C18H26O3S. The van der Waals surface area contributed by atoms with Crippen molar-refractivity contribution in [2.75, 3.05) is 0 Å². The lowest BCUT2D eigenvalue weighted by atomic mass is 9.99. The van der Waals surface area contributed by atoms with E-state index in [0.29, 0.717) is 11.7 Å². The minimum Gasteiger partial charge on any atom is -0.481 e. The standard InChI is InChI=1S/C16H22OS.C2H4O2/c1-12(2)11-13-7-9-14(10-8-13)18-16-6-4-3-5-15(16)17;1-2(3)4/h7-10,12,16H,3-6,11H2,1-2H3;1H3,(H,3,4). The second kappa shape index (κ2) is 9.67. The van der Waals surface area contributed by atoms with Crippen molar-refractivity contribution in [2.45, 2.75) is 63.0 Å². The minimum atomic E-state index is -0.833. The van der Waals surface area contributed by atoms with Gasteiger partial charge in [0.05, 0.1) is 5.25 Å². The number of thioether (sulfide) groups is 1. The van der Waals surface area contributed by atoms with Gasteiger partial charge < -0.3 is 5.11 Å². The molecule has 0 spiro atoms.